The number of carbonyl (C=O) groups excluding carboxylic acids is 2. The maximum atomic E-state index is 10.9. The third-order valence-electron chi connectivity index (χ3n) is 1.87. The van der Waals surface area contributed by atoms with Crippen LogP contribution in [0.3, 0.4) is 0 Å². The van der Waals surface area contributed by atoms with Crippen LogP contribution in [0, 0.1) is 0 Å². The molecule has 1 aliphatic heterocycles. The van der Waals surface area contributed by atoms with Gasteiger partial charge in [-0.15, -0.1) is 0 Å². The van der Waals surface area contributed by atoms with Gasteiger partial charge in [0.15, 0.2) is 0 Å². The lowest BCUT2D eigenvalue weighted by Crippen LogP contribution is -2.36. The molecule has 0 N–H and O–H groups in total. The summed E-state index contributed by atoms with van der Waals surface area (Å²) < 4.78 is 0. The Labute approximate surface area is 65.7 Å². The van der Waals surface area contributed by atoms with Gasteiger partial charge in [-0.2, -0.15) is 0 Å². The SMILES string of the molecule is CN1C(=O)CCN1CCC=O. The van der Waals surface area contributed by atoms with E-state index in [0.29, 0.717) is 19.4 Å². The molecule has 1 amide bonds. The van der Waals surface area contributed by atoms with Crippen molar-refractivity contribution < 1.29 is 9.59 Å². The molecule has 4 heteroatoms. The van der Waals surface area contributed by atoms with Crippen LogP contribution < -0.4 is 0 Å². The van der Waals surface area contributed by atoms with Gasteiger partial charge in [-0.3, -0.25) is 9.80 Å². The second kappa shape index (κ2) is 3.48. The van der Waals surface area contributed by atoms with Crippen LogP contribution in [0.1, 0.15) is 12.8 Å². The normalized spacial score (nSPS) is 19.4. The highest BCUT2D eigenvalue weighted by Crippen LogP contribution is 2.08. The number of hydrazine groups is 1. The van der Waals surface area contributed by atoms with Gasteiger partial charge >= 0.3 is 0 Å². The van der Waals surface area contributed by atoms with Crippen molar-refractivity contribution in [3.8, 4) is 0 Å². The van der Waals surface area contributed by atoms with E-state index in [1.54, 1.807) is 12.1 Å². The summed E-state index contributed by atoms with van der Waals surface area (Å²) in [4.78, 5) is 21.0. The van der Waals surface area contributed by atoms with E-state index < -0.39 is 0 Å². The van der Waals surface area contributed by atoms with E-state index in [-0.39, 0.29) is 5.91 Å². The second-order valence-corrected chi connectivity index (χ2v) is 2.58. The number of aldehydes is 1. The average molecular weight is 156 g/mol. The fraction of sp³-hybridized carbons (Fsp3) is 0.714. The van der Waals surface area contributed by atoms with Crippen molar-refractivity contribution in [2.24, 2.45) is 0 Å². The maximum absolute atomic E-state index is 10.9. The van der Waals surface area contributed by atoms with Crippen molar-refractivity contribution >= 4 is 12.2 Å². The van der Waals surface area contributed by atoms with Crippen LogP contribution in [0.5, 0.6) is 0 Å². The Morgan fingerprint density at radius 2 is 2.36 bits per heavy atom. The van der Waals surface area contributed by atoms with Crippen molar-refractivity contribution in [2.75, 3.05) is 20.1 Å². The number of nitrogens with zero attached hydrogens (tertiary/aromatic N) is 2. The minimum atomic E-state index is 0.135. The lowest BCUT2D eigenvalue weighted by atomic mass is 10.4. The molecular formula is C7H12N2O2. The van der Waals surface area contributed by atoms with Gasteiger partial charge in [0.2, 0.25) is 5.91 Å². The van der Waals surface area contributed by atoms with E-state index in [0.717, 1.165) is 12.8 Å². The molecule has 0 aromatic carbocycles. The molecule has 1 saturated heterocycles. The van der Waals surface area contributed by atoms with Crippen molar-refractivity contribution in [1.82, 2.24) is 10.0 Å². The Kier molecular flexibility index (Phi) is 2.59. The first kappa shape index (κ1) is 8.20. The number of rotatable bonds is 3. The van der Waals surface area contributed by atoms with Crippen LogP contribution in [-0.2, 0) is 9.59 Å². The molecule has 11 heavy (non-hydrogen) atoms. The summed E-state index contributed by atoms with van der Waals surface area (Å²) in [5.74, 6) is 0.135. The fourth-order valence-electron chi connectivity index (χ4n) is 1.16. The lowest BCUT2D eigenvalue weighted by molar-refractivity contribution is -0.135. The van der Waals surface area contributed by atoms with Crippen LogP contribution in [0.15, 0.2) is 0 Å². The summed E-state index contributed by atoms with van der Waals surface area (Å²) in [6.07, 6.45) is 1.95. The third kappa shape index (κ3) is 1.77. The molecule has 1 rings (SSSR count). The van der Waals surface area contributed by atoms with E-state index in [4.69, 9.17) is 0 Å². The van der Waals surface area contributed by atoms with Gasteiger partial charge in [-0.25, -0.2) is 5.01 Å². The Morgan fingerprint density at radius 3 is 2.82 bits per heavy atom. The number of carbonyl (C=O) groups is 2. The molecule has 1 fully saturated rings. The minimum Gasteiger partial charge on any atom is -0.303 e. The van der Waals surface area contributed by atoms with E-state index in [1.807, 2.05) is 5.01 Å². The molecule has 0 spiro atoms. The maximum Gasteiger partial charge on any atom is 0.237 e. The summed E-state index contributed by atoms with van der Waals surface area (Å²) >= 11 is 0. The quantitative estimate of drug-likeness (QED) is 0.525. The summed E-state index contributed by atoms with van der Waals surface area (Å²) in [5.41, 5.74) is 0. The molecule has 0 atom stereocenters. The van der Waals surface area contributed by atoms with Crippen molar-refractivity contribution in [2.45, 2.75) is 12.8 Å². The van der Waals surface area contributed by atoms with Crippen molar-refractivity contribution in [3.05, 3.63) is 0 Å². The zero-order valence-corrected chi connectivity index (χ0v) is 6.62. The van der Waals surface area contributed by atoms with Crippen molar-refractivity contribution in [3.63, 3.8) is 0 Å². The lowest BCUT2D eigenvalue weighted by Gasteiger charge is -2.22. The van der Waals surface area contributed by atoms with E-state index >= 15 is 0 Å². The molecule has 0 radical (unpaired) electrons. The molecule has 4 nitrogen and oxygen atoms in total. The molecule has 0 saturated carbocycles. The van der Waals surface area contributed by atoms with Gasteiger partial charge in [0.25, 0.3) is 0 Å². The van der Waals surface area contributed by atoms with Crippen molar-refractivity contribution in [1.29, 1.82) is 0 Å². The van der Waals surface area contributed by atoms with Crippen LogP contribution in [0.4, 0.5) is 0 Å². The predicted octanol–water partition coefficient (Wildman–Crippen LogP) is -0.346. The first-order valence-corrected chi connectivity index (χ1v) is 3.70. The molecule has 0 unspecified atom stereocenters. The van der Waals surface area contributed by atoms with Gasteiger partial charge in [0, 0.05) is 33.0 Å². The predicted molar refractivity (Wildman–Crippen MR) is 39.6 cm³/mol. The molecule has 0 bridgehead atoms. The van der Waals surface area contributed by atoms with Gasteiger partial charge in [-0.1, -0.05) is 0 Å². The third-order valence-corrected chi connectivity index (χ3v) is 1.87. The van der Waals surface area contributed by atoms with Crippen LogP contribution >= 0.6 is 0 Å². The zero-order valence-electron chi connectivity index (χ0n) is 6.62. The first-order valence-electron chi connectivity index (χ1n) is 3.70. The molecule has 0 aromatic rings. The summed E-state index contributed by atoms with van der Waals surface area (Å²) in [5, 5.41) is 3.47. The Bertz CT molecular complexity index is 170. The van der Waals surface area contributed by atoms with Crippen LogP contribution in [-0.4, -0.2) is 42.3 Å². The first-order chi connectivity index (χ1) is 5.25. The molecule has 1 heterocycles. The van der Waals surface area contributed by atoms with Gasteiger partial charge in [0.1, 0.15) is 6.29 Å². The number of hydrogen-bond donors (Lipinski definition) is 0. The minimum absolute atomic E-state index is 0.135. The zero-order chi connectivity index (χ0) is 8.27. The van der Waals surface area contributed by atoms with Crippen LogP contribution in [0.25, 0.3) is 0 Å². The summed E-state index contributed by atoms with van der Waals surface area (Å²) in [7, 11) is 1.74. The highest BCUT2D eigenvalue weighted by Gasteiger charge is 2.24. The molecule has 62 valence electrons. The van der Waals surface area contributed by atoms with Gasteiger partial charge < -0.3 is 4.79 Å². The average Bonchev–Trinajstić information content (AvgIpc) is 2.31. The summed E-state index contributed by atoms with van der Waals surface area (Å²) in [6.45, 7) is 1.41. The molecule has 1 aliphatic rings. The Morgan fingerprint density at radius 1 is 1.64 bits per heavy atom. The smallest absolute Gasteiger partial charge is 0.237 e. The number of amides is 1. The molecular weight excluding hydrogens is 144 g/mol. The van der Waals surface area contributed by atoms with E-state index in [9.17, 15) is 9.59 Å². The van der Waals surface area contributed by atoms with Gasteiger partial charge in [0.05, 0.1) is 0 Å². The Balaban J connectivity index is 2.35. The highest BCUT2D eigenvalue weighted by molar-refractivity contribution is 5.77. The van der Waals surface area contributed by atoms with Gasteiger partial charge in [-0.05, 0) is 0 Å². The van der Waals surface area contributed by atoms with E-state index in [2.05, 4.69) is 0 Å². The standard InChI is InChI=1S/C7H12N2O2/c1-8-7(11)3-5-9(8)4-2-6-10/h6H,2-5H2,1H3. The topological polar surface area (TPSA) is 40.6 Å². The number of hydrogen-bond acceptors (Lipinski definition) is 3. The highest BCUT2D eigenvalue weighted by atomic mass is 16.2. The summed E-state index contributed by atoms with van der Waals surface area (Å²) in [6, 6.07) is 0. The fourth-order valence-corrected chi connectivity index (χ4v) is 1.16. The molecule has 0 aliphatic carbocycles. The molecule has 0 aromatic heterocycles. The monoisotopic (exact) mass is 156 g/mol. The second-order valence-electron chi connectivity index (χ2n) is 2.58. The Hall–Kier alpha value is -0.900. The largest absolute Gasteiger partial charge is 0.303 e. The van der Waals surface area contributed by atoms with E-state index in [1.165, 1.54) is 0 Å². The van der Waals surface area contributed by atoms with Crippen LogP contribution in [0.2, 0.25) is 0 Å².